The Balaban J connectivity index is 3.13. The van der Waals surface area contributed by atoms with Crippen molar-refractivity contribution >= 4 is 29.3 Å². The lowest BCUT2D eigenvalue weighted by molar-refractivity contribution is -0.147. The van der Waals surface area contributed by atoms with Crippen molar-refractivity contribution in [1.29, 1.82) is 0 Å². The second kappa shape index (κ2) is 11.3. The molecule has 2 unspecified atom stereocenters. The summed E-state index contributed by atoms with van der Waals surface area (Å²) in [5.41, 5.74) is 0.791. The van der Waals surface area contributed by atoms with Gasteiger partial charge in [-0.2, -0.15) is 0 Å². The zero-order valence-electron chi connectivity index (χ0n) is 19.2. The Bertz CT molecular complexity index is 876. The average Bonchev–Trinajstić information content (AvgIpc) is 2.67. The summed E-state index contributed by atoms with van der Waals surface area (Å²) < 4.78 is 0. The van der Waals surface area contributed by atoms with Gasteiger partial charge in [0.15, 0.2) is 0 Å². The highest BCUT2D eigenvalue weighted by Crippen LogP contribution is 2.22. The van der Waals surface area contributed by atoms with Gasteiger partial charge in [-0.15, -0.1) is 0 Å². The molecule has 0 aliphatic heterocycles. The molecular weight excluding hydrogens is 434 g/mol. The van der Waals surface area contributed by atoms with Gasteiger partial charge in [0.2, 0.25) is 11.8 Å². The summed E-state index contributed by atoms with van der Waals surface area (Å²) in [6, 6.07) is 5.75. The third-order valence-corrected chi connectivity index (χ3v) is 4.66. The topological polar surface area (TPSA) is 128 Å². The van der Waals surface area contributed by atoms with Gasteiger partial charge in [0, 0.05) is 22.5 Å². The molecule has 9 heteroatoms. The third-order valence-electron chi connectivity index (χ3n) is 4.41. The standard InChI is InChI=1S/C23H32ClN3O5/c1-22(2,3)18(21(31)26-23(4,5)6)25-19(29)16(17(28)20(30)27-32)9-7-8-14-10-12-15(24)13-11-14/h10-13,16-18,28,32H,9H2,1-6H3,(H,25,29)(H,26,31)(H,27,30)/t16?,17-,18?/m1/s1. The number of carbonyl (C=O) groups excluding carboxylic acids is 3. The highest BCUT2D eigenvalue weighted by atomic mass is 35.5. The molecule has 0 saturated carbocycles. The summed E-state index contributed by atoms with van der Waals surface area (Å²) >= 11 is 5.85. The van der Waals surface area contributed by atoms with Gasteiger partial charge in [-0.05, 0) is 50.5 Å². The summed E-state index contributed by atoms with van der Waals surface area (Å²) in [7, 11) is 0. The quantitative estimate of drug-likeness (QED) is 0.249. The molecule has 3 atom stereocenters. The maximum absolute atomic E-state index is 13.0. The number of hydrogen-bond donors (Lipinski definition) is 5. The van der Waals surface area contributed by atoms with Gasteiger partial charge < -0.3 is 15.7 Å². The molecule has 0 fully saturated rings. The van der Waals surface area contributed by atoms with Crippen LogP contribution in [0.25, 0.3) is 0 Å². The van der Waals surface area contributed by atoms with Crippen molar-refractivity contribution in [3.63, 3.8) is 0 Å². The Hall–Kier alpha value is -2.60. The van der Waals surface area contributed by atoms with Gasteiger partial charge >= 0.3 is 0 Å². The Labute approximate surface area is 194 Å². The summed E-state index contributed by atoms with van der Waals surface area (Å²) in [5.74, 6) is 1.99. The number of rotatable bonds is 6. The van der Waals surface area contributed by atoms with Gasteiger partial charge in [-0.25, -0.2) is 5.48 Å². The summed E-state index contributed by atoms with van der Waals surface area (Å²) in [6.07, 6.45) is -2.06. The molecule has 1 aromatic rings. The van der Waals surface area contributed by atoms with Crippen molar-refractivity contribution in [2.75, 3.05) is 0 Å². The first-order valence-electron chi connectivity index (χ1n) is 10.1. The molecule has 3 amide bonds. The van der Waals surface area contributed by atoms with Crippen LogP contribution in [-0.4, -0.2) is 45.7 Å². The first-order chi connectivity index (χ1) is 14.7. The SMILES string of the molecule is CC(C)(C)NC(=O)C(NC(=O)C(CC#Cc1ccc(Cl)cc1)[C@@H](O)C(=O)NO)C(C)(C)C. The molecule has 0 aromatic heterocycles. The number of hydroxylamine groups is 1. The highest BCUT2D eigenvalue weighted by Gasteiger charge is 2.38. The molecule has 32 heavy (non-hydrogen) atoms. The lowest BCUT2D eigenvalue weighted by Crippen LogP contribution is -2.59. The van der Waals surface area contributed by atoms with E-state index in [1.807, 2.05) is 20.8 Å². The van der Waals surface area contributed by atoms with Crippen LogP contribution in [0.4, 0.5) is 0 Å². The first kappa shape index (κ1) is 27.4. The maximum atomic E-state index is 13.0. The molecule has 8 nitrogen and oxygen atoms in total. The monoisotopic (exact) mass is 465 g/mol. The normalized spacial score (nSPS) is 14.3. The molecule has 0 heterocycles. The van der Waals surface area contributed by atoms with Gasteiger partial charge in [0.25, 0.3) is 5.91 Å². The van der Waals surface area contributed by atoms with E-state index in [9.17, 15) is 19.5 Å². The number of amides is 3. The maximum Gasteiger partial charge on any atom is 0.273 e. The lowest BCUT2D eigenvalue weighted by atomic mass is 9.84. The largest absolute Gasteiger partial charge is 0.382 e. The Morgan fingerprint density at radius 3 is 2.03 bits per heavy atom. The molecule has 0 saturated heterocycles. The molecule has 176 valence electrons. The van der Waals surface area contributed by atoms with E-state index in [-0.39, 0.29) is 6.42 Å². The summed E-state index contributed by atoms with van der Waals surface area (Å²) in [4.78, 5) is 37.6. The predicted molar refractivity (Wildman–Crippen MR) is 122 cm³/mol. The Morgan fingerprint density at radius 1 is 1.00 bits per heavy atom. The summed E-state index contributed by atoms with van der Waals surface area (Å²) in [6.45, 7) is 10.8. The minimum atomic E-state index is -1.87. The van der Waals surface area contributed by atoms with E-state index >= 15 is 0 Å². The second-order valence-corrected chi connectivity index (χ2v) is 10.0. The smallest absolute Gasteiger partial charge is 0.273 e. The number of hydrogen-bond acceptors (Lipinski definition) is 5. The van der Waals surface area contributed by atoms with Crippen molar-refractivity contribution in [2.45, 2.75) is 65.6 Å². The Kier molecular flexibility index (Phi) is 9.70. The summed E-state index contributed by atoms with van der Waals surface area (Å²) in [5, 5.41) is 25.2. The third kappa shape index (κ3) is 8.87. The number of nitrogens with one attached hydrogen (secondary N) is 3. The van der Waals surface area contributed by atoms with E-state index in [1.165, 1.54) is 5.48 Å². The van der Waals surface area contributed by atoms with Crippen LogP contribution in [0, 0.1) is 23.2 Å². The fourth-order valence-corrected chi connectivity index (χ4v) is 2.89. The van der Waals surface area contributed by atoms with Gasteiger partial charge in [0.05, 0.1) is 5.92 Å². The second-order valence-electron chi connectivity index (χ2n) is 9.59. The highest BCUT2D eigenvalue weighted by molar-refractivity contribution is 6.30. The molecule has 1 aromatic carbocycles. The van der Waals surface area contributed by atoms with E-state index in [2.05, 4.69) is 22.5 Å². The molecule has 5 N–H and O–H groups in total. The van der Waals surface area contributed by atoms with Crippen LogP contribution in [0.1, 0.15) is 53.5 Å². The number of benzene rings is 1. The van der Waals surface area contributed by atoms with Crippen LogP contribution in [0.15, 0.2) is 24.3 Å². The van der Waals surface area contributed by atoms with E-state index in [1.54, 1.807) is 45.0 Å². The van der Waals surface area contributed by atoms with Crippen molar-refractivity contribution < 1.29 is 24.7 Å². The fraction of sp³-hybridized carbons (Fsp3) is 0.522. The Morgan fingerprint density at radius 2 is 1.56 bits per heavy atom. The average molecular weight is 466 g/mol. The van der Waals surface area contributed by atoms with E-state index in [4.69, 9.17) is 16.8 Å². The van der Waals surface area contributed by atoms with Crippen LogP contribution in [0.3, 0.4) is 0 Å². The molecule has 0 aliphatic carbocycles. The van der Waals surface area contributed by atoms with E-state index in [0.29, 0.717) is 10.6 Å². The zero-order valence-corrected chi connectivity index (χ0v) is 20.0. The molecule has 0 radical (unpaired) electrons. The minimum Gasteiger partial charge on any atom is -0.382 e. The van der Waals surface area contributed by atoms with Gasteiger partial charge in [-0.3, -0.25) is 19.6 Å². The molecule has 0 spiro atoms. The van der Waals surface area contributed by atoms with Gasteiger partial charge in [-0.1, -0.05) is 44.2 Å². The van der Waals surface area contributed by atoms with Crippen molar-refractivity contribution in [1.82, 2.24) is 16.1 Å². The molecule has 1 rings (SSSR count). The van der Waals surface area contributed by atoms with Crippen LogP contribution in [0.2, 0.25) is 5.02 Å². The van der Waals surface area contributed by atoms with Crippen LogP contribution in [0.5, 0.6) is 0 Å². The van der Waals surface area contributed by atoms with Crippen molar-refractivity contribution in [3.05, 3.63) is 34.9 Å². The molecule has 0 bridgehead atoms. The van der Waals surface area contributed by atoms with Crippen molar-refractivity contribution in [2.24, 2.45) is 11.3 Å². The van der Waals surface area contributed by atoms with E-state index < -0.39 is 46.7 Å². The lowest BCUT2D eigenvalue weighted by Gasteiger charge is -2.34. The number of aliphatic hydroxyl groups is 1. The van der Waals surface area contributed by atoms with Gasteiger partial charge in [0.1, 0.15) is 12.1 Å². The first-order valence-corrected chi connectivity index (χ1v) is 10.5. The number of halogens is 1. The van der Waals surface area contributed by atoms with Crippen molar-refractivity contribution in [3.8, 4) is 11.8 Å². The number of aliphatic hydroxyl groups excluding tert-OH is 1. The predicted octanol–water partition coefficient (Wildman–Crippen LogP) is 2.01. The van der Waals surface area contributed by atoms with E-state index in [0.717, 1.165) is 0 Å². The van der Waals surface area contributed by atoms with Crippen LogP contribution < -0.4 is 16.1 Å². The minimum absolute atomic E-state index is 0.194. The fourth-order valence-electron chi connectivity index (χ4n) is 2.76. The number of carbonyl (C=O) groups is 3. The van der Waals surface area contributed by atoms with Crippen LogP contribution >= 0.6 is 11.6 Å². The molecular formula is C23H32ClN3O5. The van der Waals surface area contributed by atoms with Crippen LogP contribution in [-0.2, 0) is 14.4 Å². The molecule has 0 aliphatic rings. The zero-order chi connectivity index (χ0) is 24.7.